The molecule has 0 aliphatic rings. The number of nitrogens with zero attached hydrogens (tertiary/aromatic N) is 1. The molecule has 3 nitrogen and oxygen atoms in total. The summed E-state index contributed by atoms with van der Waals surface area (Å²) in [6.07, 6.45) is 4.92. The van der Waals surface area contributed by atoms with Gasteiger partial charge in [0.05, 0.1) is 12.3 Å². The lowest BCUT2D eigenvalue weighted by atomic mass is 10.2. The SMILES string of the molecule is CCCCCCOc1ccc(C)nc1CNC(C)C. The van der Waals surface area contributed by atoms with Gasteiger partial charge in [-0.3, -0.25) is 4.98 Å². The second-order valence-corrected chi connectivity index (χ2v) is 5.34. The van der Waals surface area contributed by atoms with Crippen LogP contribution in [0.4, 0.5) is 0 Å². The van der Waals surface area contributed by atoms with Gasteiger partial charge in [-0.25, -0.2) is 0 Å². The van der Waals surface area contributed by atoms with Gasteiger partial charge < -0.3 is 10.1 Å². The smallest absolute Gasteiger partial charge is 0.142 e. The summed E-state index contributed by atoms with van der Waals surface area (Å²) in [5.41, 5.74) is 2.06. The van der Waals surface area contributed by atoms with Gasteiger partial charge in [0.2, 0.25) is 0 Å². The molecule has 3 heteroatoms. The van der Waals surface area contributed by atoms with Gasteiger partial charge in [0.1, 0.15) is 5.75 Å². The average Bonchev–Trinajstić information content (AvgIpc) is 2.38. The molecule has 0 aliphatic heterocycles. The fourth-order valence-corrected chi connectivity index (χ4v) is 1.87. The molecule has 1 aromatic rings. The highest BCUT2D eigenvalue weighted by Gasteiger charge is 2.06. The van der Waals surface area contributed by atoms with E-state index in [1.54, 1.807) is 0 Å². The maximum atomic E-state index is 5.87. The van der Waals surface area contributed by atoms with Crippen LogP contribution in [-0.4, -0.2) is 17.6 Å². The number of unbranched alkanes of at least 4 members (excludes halogenated alkanes) is 3. The normalized spacial score (nSPS) is 11.0. The first-order chi connectivity index (χ1) is 9.13. The minimum atomic E-state index is 0.458. The molecule has 0 atom stereocenters. The van der Waals surface area contributed by atoms with Crippen molar-refractivity contribution in [1.29, 1.82) is 0 Å². The van der Waals surface area contributed by atoms with Crippen LogP contribution in [0, 0.1) is 6.92 Å². The highest BCUT2D eigenvalue weighted by Crippen LogP contribution is 2.17. The number of ether oxygens (including phenoxy) is 1. The van der Waals surface area contributed by atoms with Crippen LogP contribution in [0.25, 0.3) is 0 Å². The molecule has 0 amide bonds. The number of aryl methyl sites for hydroxylation is 1. The van der Waals surface area contributed by atoms with E-state index in [9.17, 15) is 0 Å². The van der Waals surface area contributed by atoms with Crippen molar-refractivity contribution in [1.82, 2.24) is 10.3 Å². The highest BCUT2D eigenvalue weighted by molar-refractivity contribution is 5.29. The van der Waals surface area contributed by atoms with E-state index in [2.05, 4.69) is 31.1 Å². The number of rotatable bonds is 9. The minimum Gasteiger partial charge on any atom is -0.492 e. The summed E-state index contributed by atoms with van der Waals surface area (Å²) in [6.45, 7) is 10.1. The van der Waals surface area contributed by atoms with Gasteiger partial charge in [0.15, 0.2) is 0 Å². The van der Waals surface area contributed by atoms with Gasteiger partial charge >= 0.3 is 0 Å². The van der Waals surface area contributed by atoms with E-state index in [0.717, 1.165) is 36.7 Å². The van der Waals surface area contributed by atoms with Gasteiger partial charge in [0.25, 0.3) is 0 Å². The number of hydrogen-bond donors (Lipinski definition) is 1. The number of hydrogen-bond acceptors (Lipinski definition) is 3. The second kappa shape index (κ2) is 8.92. The Balaban J connectivity index is 2.50. The molecule has 108 valence electrons. The molecule has 0 unspecified atom stereocenters. The third kappa shape index (κ3) is 6.58. The van der Waals surface area contributed by atoms with Crippen LogP contribution < -0.4 is 10.1 Å². The molecule has 0 bridgehead atoms. The Kier molecular flexibility index (Phi) is 7.49. The van der Waals surface area contributed by atoms with Crippen molar-refractivity contribution < 1.29 is 4.74 Å². The van der Waals surface area contributed by atoms with Gasteiger partial charge in [0, 0.05) is 18.3 Å². The zero-order chi connectivity index (χ0) is 14.1. The van der Waals surface area contributed by atoms with Crippen LogP contribution in [-0.2, 0) is 6.54 Å². The summed E-state index contributed by atoms with van der Waals surface area (Å²) < 4.78 is 5.87. The fraction of sp³-hybridized carbons (Fsp3) is 0.688. The van der Waals surface area contributed by atoms with E-state index in [1.807, 2.05) is 19.1 Å². The molecule has 0 aliphatic carbocycles. The van der Waals surface area contributed by atoms with Crippen molar-refractivity contribution >= 4 is 0 Å². The Labute approximate surface area is 117 Å². The molecule has 1 rings (SSSR count). The topological polar surface area (TPSA) is 34.1 Å². The van der Waals surface area contributed by atoms with E-state index in [4.69, 9.17) is 4.74 Å². The molecular weight excluding hydrogens is 236 g/mol. The Hall–Kier alpha value is -1.09. The van der Waals surface area contributed by atoms with Gasteiger partial charge in [-0.15, -0.1) is 0 Å². The van der Waals surface area contributed by atoms with E-state index in [0.29, 0.717) is 6.04 Å². The Morgan fingerprint density at radius 3 is 2.68 bits per heavy atom. The van der Waals surface area contributed by atoms with Crippen molar-refractivity contribution in [3.8, 4) is 5.75 Å². The number of pyridine rings is 1. The highest BCUT2D eigenvalue weighted by atomic mass is 16.5. The standard InChI is InChI=1S/C16H28N2O/c1-5-6-7-8-11-19-16-10-9-14(4)18-15(16)12-17-13(2)3/h9-10,13,17H,5-8,11-12H2,1-4H3. The van der Waals surface area contributed by atoms with Gasteiger partial charge in [-0.2, -0.15) is 0 Å². The van der Waals surface area contributed by atoms with Crippen LogP contribution in [0.5, 0.6) is 5.75 Å². The zero-order valence-corrected chi connectivity index (χ0v) is 12.8. The lowest BCUT2D eigenvalue weighted by Gasteiger charge is -2.13. The molecule has 0 fully saturated rings. The van der Waals surface area contributed by atoms with Crippen LogP contribution in [0.1, 0.15) is 57.8 Å². The quantitative estimate of drug-likeness (QED) is 0.688. The van der Waals surface area contributed by atoms with Gasteiger partial charge in [-0.1, -0.05) is 40.0 Å². The number of aromatic nitrogens is 1. The van der Waals surface area contributed by atoms with Crippen LogP contribution in [0.3, 0.4) is 0 Å². The molecule has 1 aromatic heterocycles. The maximum absolute atomic E-state index is 5.87. The Morgan fingerprint density at radius 1 is 1.21 bits per heavy atom. The Morgan fingerprint density at radius 2 is 2.00 bits per heavy atom. The van der Waals surface area contributed by atoms with E-state index >= 15 is 0 Å². The number of nitrogens with one attached hydrogen (secondary N) is 1. The van der Waals surface area contributed by atoms with E-state index in [-0.39, 0.29) is 0 Å². The van der Waals surface area contributed by atoms with Crippen molar-refractivity contribution in [3.05, 3.63) is 23.5 Å². The molecule has 1 N–H and O–H groups in total. The third-order valence-electron chi connectivity index (χ3n) is 3.00. The zero-order valence-electron chi connectivity index (χ0n) is 12.8. The van der Waals surface area contributed by atoms with Crippen molar-refractivity contribution in [2.75, 3.05) is 6.61 Å². The maximum Gasteiger partial charge on any atom is 0.142 e. The predicted molar refractivity (Wildman–Crippen MR) is 80.6 cm³/mol. The minimum absolute atomic E-state index is 0.458. The first-order valence-electron chi connectivity index (χ1n) is 7.46. The first kappa shape index (κ1) is 16.0. The summed E-state index contributed by atoms with van der Waals surface area (Å²) in [5, 5.41) is 3.40. The summed E-state index contributed by atoms with van der Waals surface area (Å²) in [6, 6.07) is 4.51. The lowest BCUT2D eigenvalue weighted by Crippen LogP contribution is -2.23. The largest absolute Gasteiger partial charge is 0.492 e. The van der Waals surface area contributed by atoms with Crippen molar-refractivity contribution in [3.63, 3.8) is 0 Å². The summed E-state index contributed by atoms with van der Waals surface area (Å²) in [7, 11) is 0. The molecule has 1 heterocycles. The molecule has 0 saturated carbocycles. The van der Waals surface area contributed by atoms with E-state index in [1.165, 1.54) is 19.3 Å². The molecular formula is C16H28N2O. The summed E-state index contributed by atoms with van der Waals surface area (Å²) >= 11 is 0. The van der Waals surface area contributed by atoms with E-state index < -0.39 is 0 Å². The molecule has 0 aromatic carbocycles. The van der Waals surface area contributed by atoms with Crippen molar-refractivity contribution in [2.24, 2.45) is 0 Å². The summed E-state index contributed by atoms with van der Waals surface area (Å²) in [4.78, 5) is 4.57. The van der Waals surface area contributed by atoms with Crippen molar-refractivity contribution in [2.45, 2.75) is 66.0 Å². The van der Waals surface area contributed by atoms with Gasteiger partial charge in [-0.05, 0) is 25.5 Å². The second-order valence-electron chi connectivity index (χ2n) is 5.34. The summed E-state index contributed by atoms with van der Waals surface area (Å²) in [5.74, 6) is 0.926. The molecule has 0 spiro atoms. The first-order valence-corrected chi connectivity index (χ1v) is 7.46. The van der Waals surface area contributed by atoms with Crippen LogP contribution >= 0.6 is 0 Å². The predicted octanol–water partition coefficient (Wildman–Crippen LogP) is 3.85. The molecule has 19 heavy (non-hydrogen) atoms. The monoisotopic (exact) mass is 264 g/mol. The lowest BCUT2D eigenvalue weighted by molar-refractivity contribution is 0.299. The van der Waals surface area contributed by atoms with Crippen LogP contribution in [0.2, 0.25) is 0 Å². The fourth-order valence-electron chi connectivity index (χ4n) is 1.87. The third-order valence-corrected chi connectivity index (χ3v) is 3.00. The van der Waals surface area contributed by atoms with Crippen LogP contribution in [0.15, 0.2) is 12.1 Å². The average molecular weight is 264 g/mol. The molecule has 0 radical (unpaired) electrons. The Bertz CT molecular complexity index is 364. The molecule has 0 saturated heterocycles.